The van der Waals surface area contributed by atoms with Gasteiger partial charge in [-0.2, -0.15) is 5.10 Å². The van der Waals surface area contributed by atoms with Gasteiger partial charge >= 0.3 is 0 Å². The fourth-order valence-electron chi connectivity index (χ4n) is 1.45. The predicted molar refractivity (Wildman–Crippen MR) is 89.8 cm³/mol. The Bertz CT molecular complexity index is 636. The first-order chi connectivity index (χ1) is 10.1. The van der Waals surface area contributed by atoms with Gasteiger partial charge in [0.2, 0.25) is 0 Å². The number of halogens is 3. The van der Waals surface area contributed by atoms with Crippen molar-refractivity contribution in [1.82, 2.24) is 5.43 Å². The number of carbonyl (C=O) groups is 1. The number of hydrazone groups is 1. The Morgan fingerprint density at radius 1 is 1.38 bits per heavy atom. The van der Waals surface area contributed by atoms with Crippen molar-refractivity contribution < 1.29 is 9.21 Å². The van der Waals surface area contributed by atoms with Crippen molar-refractivity contribution in [3.63, 3.8) is 0 Å². The SMILES string of the molecule is O=C(CNc1c(Br)cc(Cl)cc1Br)N/N=C\c1ccco1. The van der Waals surface area contributed by atoms with Crippen LogP contribution in [0.5, 0.6) is 0 Å². The molecule has 0 saturated heterocycles. The molecule has 21 heavy (non-hydrogen) atoms. The Balaban J connectivity index is 1.87. The highest BCUT2D eigenvalue weighted by atomic mass is 79.9. The van der Waals surface area contributed by atoms with Gasteiger partial charge in [0.1, 0.15) is 5.76 Å². The first kappa shape index (κ1) is 16.1. The molecule has 5 nitrogen and oxygen atoms in total. The van der Waals surface area contributed by atoms with Crippen molar-refractivity contribution in [2.24, 2.45) is 5.10 Å². The summed E-state index contributed by atoms with van der Waals surface area (Å²) in [4.78, 5) is 11.7. The normalized spacial score (nSPS) is 10.8. The fourth-order valence-corrected chi connectivity index (χ4v) is 3.40. The molecular weight excluding hydrogens is 425 g/mol. The number of benzene rings is 1. The Morgan fingerprint density at radius 2 is 2.10 bits per heavy atom. The van der Waals surface area contributed by atoms with Crippen LogP contribution in [0.1, 0.15) is 5.76 Å². The lowest BCUT2D eigenvalue weighted by Crippen LogP contribution is -2.26. The van der Waals surface area contributed by atoms with Gasteiger partial charge in [-0.15, -0.1) is 0 Å². The summed E-state index contributed by atoms with van der Waals surface area (Å²) in [6, 6.07) is 6.94. The number of anilines is 1. The number of nitrogens with one attached hydrogen (secondary N) is 2. The molecule has 1 aromatic heterocycles. The third kappa shape index (κ3) is 4.87. The highest BCUT2D eigenvalue weighted by Crippen LogP contribution is 2.33. The molecule has 1 amide bonds. The molecule has 1 aromatic carbocycles. The molecule has 0 spiro atoms. The fraction of sp³-hybridized carbons (Fsp3) is 0.0769. The van der Waals surface area contributed by atoms with Crippen LogP contribution in [0, 0.1) is 0 Å². The van der Waals surface area contributed by atoms with E-state index in [0.717, 1.165) is 14.6 Å². The first-order valence-electron chi connectivity index (χ1n) is 5.80. The van der Waals surface area contributed by atoms with Gasteiger partial charge in [-0.05, 0) is 56.1 Å². The van der Waals surface area contributed by atoms with Gasteiger partial charge in [-0.1, -0.05) is 11.6 Å². The van der Waals surface area contributed by atoms with Crippen LogP contribution in [-0.2, 0) is 4.79 Å². The summed E-state index contributed by atoms with van der Waals surface area (Å²) in [5.41, 5.74) is 3.13. The van der Waals surface area contributed by atoms with Crippen molar-refractivity contribution >= 4 is 61.3 Å². The highest BCUT2D eigenvalue weighted by Gasteiger charge is 2.08. The monoisotopic (exact) mass is 433 g/mol. The summed E-state index contributed by atoms with van der Waals surface area (Å²) in [6.45, 7) is 0.0638. The topological polar surface area (TPSA) is 66.6 Å². The molecule has 0 aliphatic carbocycles. The summed E-state index contributed by atoms with van der Waals surface area (Å²) < 4.78 is 6.56. The molecule has 0 unspecified atom stereocenters. The van der Waals surface area contributed by atoms with E-state index in [2.05, 4.69) is 47.7 Å². The third-order valence-corrected chi connectivity index (χ3v) is 3.83. The maximum atomic E-state index is 11.7. The summed E-state index contributed by atoms with van der Waals surface area (Å²) >= 11 is 12.7. The molecule has 2 N–H and O–H groups in total. The van der Waals surface area contributed by atoms with Crippen molar-refractivity contribution in [2.45, 2.75) is 0 Å². The van der Waals surface area contributed by atoms with Crippen LogP contribution in [0.25, 0.3) is 0 Å². The van der Waals surface area contributed by atoms with Crippen LogP contribution in [0.15, 0.2) is 49.0 Å². The second kappa shape index (κ2) is 7.63. The van der Waals surface area contributed by atoms with Gasteiger partial charge in [0.05, 0.1) is 24.7 Å². The second-order valence-electron chi connectivity index (χ2n) is 3.91. The summed E-state index contributed by atoms with van der Waals surface area (Å²) in [6.07, 6.45) is 2.95. The minimum Gasteiger partial charge on any atom is -0.463 e. The zero-order valence-electron chi connectivity index (χ0n) is 10.6. The first-order valence-corrected chi connectivity index (χ1v) is 7.76. The molecular formula is C13H10Br2ClN3O2. The van der Waals surface area contributed by atoms with Crippen LogP contribution >= 0.6 is 43.5 Å². The van der Waals surface area contributed by atoms with E-state index in [1.807, 2.05) is 0 Å². The quantitative estimate of drug-likeness (QED) is 0.551. The van der Waals surface area contributed by atoms with Crippen molar-refractivity contribution in [2.75, 3.05) is 11.9 Å². The van der Waals surface area contributed by atoms with Crippen LogP contribution < -0.4 is 10.7 Å². The lowest BCUT2D eigenvalue weighted by atomic mass is 10.3. The van der Waals surface area contributed by atoms with Gasteiger partial charge in [0.25, 0.3) is 5.91 Å². The van der Waals surface area contributed by atoms with E-state index >= 15 is 0 Å². The predicted octanol–water partition coefficient (Wildman–Crippen LogP) is 4.02. The van der Waals surface area contributed by atoms with Gasteiger partial charge in [-0.3, -0.25) is 4.79 Å². The Kier molecular flexibility index (Phi) is 5.84. The largest absolute Gasteiger partial charge is 0.463 e. The molecule has 8 heteroatoms. The van der Waals surface area contributed by atoms with E-state index in [0.29, 0.717) is 10.8 Å². The van der Waals surface area contributed by atoms with Gasteiger partial charge in [0.15, 0.2) is 0 Å². The van der Waals surface area contributed by atoms with Gasteiger partial charge in [0, 0.05) is 14.0 Å². The van der Waals surface area contributed by atoms with E-state index < -0.39 is 0 Å². The van der Waals surface area contributed by atoms with E-state index in [4.69, 9.17) is 16.0 Å². The zero-order valence-corrected chi connectivity index (χ0v) is 14.5. The maximum Gasteiger partial charge on any atom is 0.259 e. The lowest BCUT2D eigenvalue weighted by molar-refractivity contribution is -0.119. The number of amides is 1. The van der Waals surface area contributed by atoms with E-state index in [1.54, 1.807) is 24.3 Å². The molecule has 0 atom stereocenters. The smallest absolute Gasteiger partial charge is 0.259 e. The molecule has 2 aromatic rings. The summed E-state index contributed by atoms with van der Waals surface area (Å²) in [7, 11) is 0. The molecule has 0 radical (unpaired) electrons. The molecule has 0 bridgehead atoms. The molecule has 2 rings (SSSR count). The molecule has 1 heterocycles. The lowest BCUT2D eigenvalue weighted by Gasteiger charge is -2.10. The Hall–Kier alpha value is -1.31. The number of rotatable bonds is 5. The average molecular weight is 436 g/mol. The number of hydrogen-bond donors (Lipinski definition) is 2. The van der Waals surface area contributed by atoms with Crippen molar-refractivity contribution in [3.8, 4) is 0 Å². The summed E-state index contributed by atoms with van der Waals surface area (Å²) in [5, 5.41) is 7.36. The van der Waals surface area contributed by atoms with Crippen molar-refractivity contribution in [3.05, 3.63) is 50.3 Å². The van der Waals surface area contributed by atoms with E-state index in [-0.39, 0.29) is 12.5 Å². The second-order valence-corrected chi connectivity index (χ2v) is 6.05. The molecule has 0 aliphatic rings. The van der Waals surface area contributed by atoms with E-state index in [9.17, 15) is 4.79 Å². The van der Waals surface area contributed by atoms with Crippen LogP contribution in [0.4, 0.5) is 5.69 Å². The zero-order chi connectivity index (χ0) is 15.2. The molecule has 0 fully saturated rings. The average Bonchev–Trinajstić information content (AvgIpc) is 2.90. The maximum absolute atomic E-state index is 11.7. The summed E-state index contributed by atoms with van der Waals surface area (Å²) in [5.74, 6) is 0.276. The molecule has 0 saturated carbocycles. The standard InChI is InChI=1S/C13H10Br2ClN3O2/c14-10-4-8(16)5-11(15)13(10)17-7-12(20)19-18-6-9-2-1-3-21-9/h1-6,17H,7H2,(H,19,20)/b18-6-. The molecule has 110 valence electrons. The number of hydrogen-bond acceptors (Lipinski definition) is 4. The number of furan rings is 1. The van der Waals surface area contributed by atoms with E-state index in [1.165, 1.54) is 12.5 Å². The van der Waals surface area contributed by atoms with Gasteiger partial charge < -0.3 is 9.73 Å². The van der Waals surface area contributed by atoms with Crippen LogP contribution in [0.3, 0.4) is 0 Å². The molecule has 0 aliphatic heterocycles. The highest BCUT2D eigenvalue weighted by molar-refractivity contribution is 9.11. The minimum atomic E-state index is -0.286. The Labute approximate surface area is 143 Å². The van der Waals surface area contributed by atoms with Crippen molar-refractivity contribution in [1.29, 1.82) is 0 Å². The number of nitrogens with zero attached hydrogens (tertiary/aromatic N) is 1. The number of carbonyl (C=O) groups excluding carboxylic acids is 1. The van der Waals surface area contributed by atoms with Crippen LogP contribution in [0.2, 0.25) is 5.02 Å². The third-order valence-electron chi connectivity index (χ3n) is 2.36. The Morgan fingerprint density at radius 3 is 2.71 bits per heavy atom. The van der Waals surface area contributed by atoms with Crippen LogP contribution in [-0.4, -0.2) is 18.7 Å². The van der Waals surface area contributed by atoms with Gasteiger partial charge in [-0.25, -0.2) is 5.43 Å². The minimum absolute atomic E-state index is 0.0638.